The van der Waals surface area contributed by atoms with E-state index in [2.05, 4.69) is 0 Å². The number of Topliss-reactive ketones (excluding diaryl/α,β-unsaturated/α-hetero) is 1. The number of ether oxygens (including phenoxy) is 1. The van der Waals surface area contributed by atoms with Gasteiger partial charge in [-0.25, -0.2) is 8.78 Å². The lowest BCUT2D eigenvalue weighted by molar-refractivity contribution is 0.0982. The summed E-state index contributed by atoms with van der Waals surface area (Å²) in [5.41, 5.74) is 1.36. The van der Waals surface area contributed by atoms with Crippen molar-refractivity contribution in [2.75, 3.05) is 5.88 Å². The second-order valence-electron chi connectivity index (χ2n) is 4.78. The van der Waals surface area contributed by atoms with Gasteiger partial charge in [0.1, 0.15) is 12.4 Å². The van der Waals surface area contributed by atoms with Crippen molar-refractivity contribution in [3.05, 3.63) is 65.2 Å². The van der Waals surface area contributed by atoms with Gasteiger partial charge < -0.3 is 4.74 Å². The van der Waals surface area contributed by atoms with E-state index in [1.165, 1.54) is 0 Å². The molecule has 0 fully saturated rings. The molecule has 0 atom stereocenters. The Morgan fingerprint density at radius 3 is 2.50 bits per heavy atom. The largest absolute Gasteiger partial charge is 0.486 e. The lowest BCUT2D eigenvalue weighted by Crippen LogP contribution is -2.01. The molecule has 2 aromatic carbocycles. The third-order valence-electron chi connectivity index (χ3n) is 3.10. The van der Waals surface area contributed by atoms with E-state index in [9.17, 15) is 13.6 Å². The van der Waals surface area contributed by atoms with Gasteiger partial charge in [0.2, 0.25) is 0 Å². The smallest absolute Gasteiger partial charge is 0.165 e. The molecule has 0 heterocycles. The van der Waals surface area contributed by atoms with E-state index in [4.69, 9.17) is 16.3 Å². The van der Waals surface area contributed by atoms with E-state index in [1.807, 2.05) is 0 Å². The fourth-order valence-electron chi connectivity index (χ4n) is 1.91. The average Bonchev–Trinajstić information content (AvgIpc) is 2.54. The van der Waals surface area contributed by atoms with Crippen molar-refractivity contribution in [3.8, 4) is 5.75 Å². The number of carbonyl (C=O) groups is 1. The molecule has 2 aromatic rings. The highest BCUT2D eigenvalue weighted by Crippen LogP contribution is 2.19. The third-order valence-corrected chi connectivity index (χ3v) is 3.37. The number of rotatable bonds is 7. The quantitative estimate of drug-likeness (QED) is 0.543. The van der Waals surface area contributed by atoms with Crippen LogP contribution in [0.1, 0.15) is 28.8 Å². The average molecular weight is 325 g/mol. The summed E-state index contributed by atoms with van der Waals surface area (Å²) in [6, 6.07) is 9.89. The van der Waals surface area contributed by atoms with Crippen LogP contribution < -0.4 is 4.74 Å². The van der Waals surface area contributed by atoms with Crippen molar-refractivity contribution >= 4 is 17.4 Å². The molecule has 22 heavy (non-hydrogen) atoms. The summed E-state index contributed by atoms with van der Waals surface area (Å²) in [5.74, 6) is -0.825. The Balaban J connectivity index is 1.96. The van der Waals surface area contributed by atoms with Gasteiger partial charge in [-0.1, -0.05) is 24.3 Å². The number of ketones is 1. The molecule has 0 amide bonds. The number of hydrogen-bond donors (Lipinski definition) is 0. The summed E-state index contributed by atoms with van der Waals surface area (Å²) in [6.45, 7) is 0.0938. The zero-order valence-electron chi connectivity index (χ0n) is 11.8. The molecule has 0 bridgehead atoms. The van der Waals surface area contributed by atoms with Crippen LogP contribution in [0.15, 0.2) is 42.5 Å². The molecule has 2 rings (SSSR count). The first kappa shape index (κ1) is 16.4. The third kappa shape index (κ3) is 4.53. The molecule has 0 spiro atoms. The second-order valence-corrected chi connectivity index (χ2v) is 5.15. The Labute approximate surface area is 132 Å². The highest BCUT2D eigenvalue weighted by molar-refractivity contribution is 6.18. The van der Waals surface area contributed by atoms with E-state index >= 15 is 0 Å². The zero-order valence-corrected chi connectivity index (χ0v) is 12.6. The Hall–Kier alpha value is -1.94. The first-order valence-electron chi connectivity index (χ1n) is 6.86. The maximum Gasteiger partial charge on any atom is 0.165 e. The molecule has 5 heteroatoms. The molecule has 0 radical (unpaired) electrons. The molecular formula is C17H15ClF2O2. The Kier molecular flexibility index (Phi) is 5.90. The van der Waals surface area contributed by atoms with E-state index < -0.39 is 11.6 Å². The van der Waals surface area contributed by atoms with Gasteiger partial charge in [-0.2, -0.15) is 0 Å². The van der Waals surface area contributed by atoms with Crippen LogP contribution in [-0.2, 0) is 6.61 Å². The van der Waals surface area contributed by atoms with Crippen molar-refractivity contribution in [3.63, 3.8) is 0 Å². The van der Waals surface area contributed by atoms with E-state index in [1.54, 1.807) is 24.3 Å². The summed E-state index contributed by atoms with van der Waals surface area (Å²) in [6.07, 6.45) is 1.05. The van der Waals surface area contributed by atoms with Crippen LogP contribution in [0.4, 0.5) is 8.78 Å². The van der Waals surface area contributed by atoms with Gasteiger partial charge in [0, 0.05) is 23.9 Å². The van der Waals surface area contributed by atoms with E-state index in [0.717, 1.165) is 23.8 Å². The van der Waals surface area contributed by atoms with E-state index in [-0.39, 0.29) is 18.1 Å². The summed E-state index contributed by atoms with van der Waals surface area (Å²) in [4.78, 5) is 11.8. The molecule has 0 unspecified atom stereocenters. The first-order valence-corrected chi connectivity index (χ1v) is 7.39. The normalized spacial score (nSPS) is 10.5. The Morgan fingerprint density at radius 2 is 1.82 bits per heavy atom. The number of halogens is 3. The summed E-state index contributed by atoms with van der Waals surface area (Å²) in [5, 5.41) is 0. The highest BCUT2D eigenvalue weighted by Gasteiger charge is 2.07. The van der Waals surface area contributed by atoms with Gasteiger partial charge in [0.15, 0.2) is 17.3 Å². The predicted octanol–water partition coefficient (Wildman–Crippen LogP) is 4.75. The fraction of sp³-hybridized carbons (Fsp3) is 0.235. The minimum absolute atomic E-state index is 0.0318. The van der Waals surface area contributed by atoms with Gasteiger partial charge >= 0.3 is 0 Å². The highest BCUT2D eigenvalue weighted by atomic mass is 35.5. The van der Waals surface area contributed by atoms with E-state index in [0.29, 0.717) is 24.3 Å². The lowest BCUT2D eigenvalue weighted by atomic mass is 10.1. The first-order chi connectivity index (χ1) is 10.6. The standard InChI is InChI=1S/C17H15ClF2O2/c18-9-1-2-16(21)13-5-3-12(4-6-13)11-22-17-10-14(19)7-8-15(17)20/h3-8,10H,1-2,9,11H2. The molecule has 0 N–H and O–H groups in total. The monoisotopic (exact) mass is 324 g/mol. The predicted molar refractivity (Wildman–Crippen MR) is 81.4 cm³/mol. The Morgan fingerprint density at radius 1 is 1.09 bits per heavy atom. The second kappa shape index (κ2) is 7.90. The zero-order chi connectivity index (χ0) is 15.9. The summed E-state index contributed by atoms with van der Waals surface area (Å²) in [7, 11) is 0. The topological polar surface area (TPSA) is 26.3 Å². The van der Waals surface area contributed by atoms with Crippen molar-refractivity contribution in [1.82, 2.24) is 0 Å². The summed E-state index contributed by atoms with van der Waals surface area (Å²) >= 11 is 5.56. The van der Waals surface area contributed by atoms with Gasteiger partial charge in [-0.3, -0.25) is 4.79 Å². The molecule has 0 aliphatic rings. The molecule has 0 saturated carbocycles. The van der Waals surface area contributed by atoms with Gasteiger partial charge in [0.25, 0.3) is 0 Å². The molecule has 2 nitrogen and oxygen atoms in total. The van der Waals surface area contributed by atoms with Crippen LogP contribution in [0.5, 0.6) is 5.75 Å². The Bertz CT molecular complexity index is 642. The van der Waals surface area contributed by atoms with Crippen molar-refractivity contribution in [1.29, 1.82) is 0 Å². The van der Waals surface area contributed by atoms with Crippen LogP contribution in [0.25, 0.3) is 0 Å². The van der Waals surface area contributed by atoms with Gasteiger partial charge in [-0.05, 0) is 24.1 Å². The summed E-state index contributed by atoms with van der Waals surface area (Å²) < 4.78 is 31.7. The molecule has 0 saturated heterocycles. The number of alkyl halides is 1. The SMILES string of the molecule is O=C(CCCCl)c1ccc(COc2cc(F)ccc2F)cc1. The minimum Gasteiger partial charge on any atom is -0.486 e. The van der Waals surface area contributed by atoms with Crippen molar-refractivity contribution in [2.45, 2.75) is 19.4 Å². The lowest BCUT2D eigenvalue weighted by Gasteiger charge is -2.08. The van der Waals surface area contributed by atoms with Crippen LogP contribution >= 0.6 is 11.6 Å². The van der Waals surface area contributed by atoms with Crippen LogP contribution in [0, 0.1) is 11.6 Å². The molecule has 0 aromatic heterocycles. The maximum absolute atomic E-state index is 13.4. The molecule has 116 valence electrons. The maximum atomic E-state index is 13.4. The van der Waals surface area contributed by atoms with Gasteiger partial charge in [0.05, 0.1) is 0 Å². The molecule has 0 aliphatic carbocycles. The van der Waals surface area contributed by atoms with Crippen molar-refractivity contribution in [2.24, 2.45) is 0 Å². The number of hydrogen-bond acceptors (Lipinski definition) is 2. The number of carbonyl (C=O) groups excluding carboxylic acids is 1. The van der Waals surface area contributed by atoms with Gasteiger partial charge in [-0.15, -0.1) is 11.6 Å². The minimum atomic E-state index is -0.616. The fourth-order valence-corrected chi connectivity index (χ4v) is 2.04. The molecular weight excluding hydrogens is 310 g/mol. The van der Waals surface area contributed by atoms with Crippen LogP contribution in [0.3, 0.4) is 0 Å². The van der Waals surface area contributed by atoms with Crippen molar-refractivity contribution < 1.29 is 18.3 Å². The number of benzene rings is 2. The van der Waals surface area contributed by atoms with Crippen LogP contribution in [0.2, 0.25) is 0 Å². The van der Waals surface area contributed by atoms with Crippen LogP contribution in [-0.4, -0.2) is 11.7 Å². The molecule has 0 aliphatic heterocycles.